The first-order chi connectivity index (χ1) is 12.2. The molecule has 0 aliphatic carbocycles. The van der Waals surface area contributed by atoms with Gasteiger partial charge >= 0.3 is 0 Å². The lowest BCUT2D eigenvalue weighted by atomic mass is 10.1. The van der Waals surface area contributed by atoms with Crippen molar-refractivity contribution in [3.05, 3.63) is 71.7 Å². The predicted molar refractivity (Wildman–Crippen MR) is 100 cm³/mol. The van der Waals surface area contributed by atoms with E-state index in [-0.39, 0.29) is 5.82 Å². The van der Waals surface area contributed by atoms with Gasteiger partial charge in [-0.05, 0) is 48.4 Å². The van der Waals surface area contributed by atoms with E-state index in [9.17, 15) is 4.39 Å². The molecule has 4 heteroatoms. The lowest BCUT2D eigenvalue weighted by molar-refractivity contribution is 0.250. The summed E-state index contributed by atoms with van der Waals surface area (Å²) < 4.78 is 13.9. The Morgan fingerprint density at radius 3 is 2.64 bits per heavy atom. The van der Waals surface area contributed by atoms with Gasteiger partial charge in [0.05, 0.1) is 5.52 Å². The third kappa shape index (κ3) is 3.49. The molecule has 3 nitrogen and oxygen atoms in total. The first kappa shape index (κ1) is 16.0. The van der Waals surface area contributed by atoms with E-state index >= 15 is 0 Å². The van der Waals surface area contributed by atoms with Crippen molar-refractivity contribution in [1.82, 2.24) is 9.88 Å². The maximum atomic E-state index is 13.9. The molecule has 1 aliphatic rings. The molecule has 0 saturated carbocycles. The minimum atomic E-state index is -0.186. The number of hydrogen-bond acceptors (Lipinski definition) is 3. The second-order valence-corrected chi connectivity index (χ2v) is 6.74. The highest BCUT2D eigenvalue weighted by molar-refractivity contribution is 5.81. The summed E-state index contributed by atoms with van der Waals surface area (Å²) in [5.74, 6) is -0.186. The molecule has 0 unspecified atom stereocenters. The Kier molecular flexibility index (Phi) is 4.36. The zero-order valence-corrected chi connectivity index (χ0v) is 14.5. The molecule has 2 heterocycles. The zero-order chi connectivity index (χ0) is 17.2. The van der Waals surface area contributed by atoms with Gasteiger partial charge in [-0.25, -0.2) is 4.39 Å². The second kappa shape index (κ2) is 6.81. The average Bonchev–Trinajstić information content (AvgIpc) is 2.62. The number of aryl methyl sites for hydroxylation is 1. The number of hydrogen-bond donors (Lipinski definition) is 0. The molecule has 2 aromatic carbocycles. The van der Waals surface area contributed by atoms with E-state index < -0.39 is 0 Å². The molecule has 0 N–H and O–H groups in total. The van der Waals surface area contributed by atoms with Crippen LogP contribution in [-0.2, 0) is 6.54 Å². The van der Waals surface area contributed by atoms with Gasteiger partial charge in [0.1, 0.15) is 5.82 Å². The number of anilines is 1. The molecular weight excluding hydrogens is 313 g/mol. The maximum absolute atomic E-state index is 13.9. The van der Waals surface area contributed by atoms with Gasteiger partial charge in [-0.3, -0.25) is 9.88 Å². The first-order valence-electron chi connectivity index (χ1n) is 8.76. The summed E-state index contributed by atoms with van der Waals surface area (Å²) in [6, 6.07) is 15.6. The molecule has 1 fully saturated rings. The van der Waals surface area contributed by atoms with Crippen LogP contribution >= 0.6 is 0 Å². The Labute approximate surface area is 147 Å². The Morgan fingerprint density at radius 2 is 1.84 bits per heavy atom. The highest BCUT2D eigenvalue weighted by Gasteiger charge is 2.18. The van der Waals surface area contributed by atoms with Crippen LogP contribution in [0.25, 0.3) is 10.9 Å². The summed E-state index contributed by atoms with van der Waals surface area (Å²) in [7, 11) is 0. The van der Waals surface area contributed by atoms with E-state index in [1.165, 1.54) is 11.3 Å². The quantitative estimate of drug-likeness (QED) is 0.721. The van der Waals surface area contributed by atoms with Gasteiger partial charge in [-0.15, -0.1) is 0 Å². The van der Waals surface area contributed by atoms with Crippen molar-refractivity contribution in [3.8, 4) is 0 Å². The van der Waals surface area contributed by atoms with E-state index in [0.717, 1.165) is 49.2 Å². The van der Waals surface area contributed by atoms with Crippen molar-refractivity contribution in [2.75, 3.05) is 31.1 Å². The van der Waals surface area contributed by atoms with Crippen molar-refractivity contribution in [2.45, 2.75) is 13.5 Å². The van der Waals surface area contributed by atoms with Crippen LogP contribution < -0.4 is 4.90 Å². The zero-order valence-electron chi connectivity index (χ0n) is 14.5. The lowest BCUT2D eigenvalue weighted by Crippen LogP contribution is -2.46. The van der Waals surface area contributed by atoms with Crippen LogP contribution in [0.2, 0.25) is 0 Å². The Balaban J connectivity index is 1.47. The van der Waals surface area contributed by atoms with Crippen LogP contribution in [0.15, 0.2) is 54.7 Å². The molecular formula is C21H22FN3. The molecule has 25 heavy (non-hydrogen) atoms. The molecule has 0 atom stereocenters. The monoisotopic (exact) mass is 335 g/mol. The standard InChI is InChI=1S/C21H22FN3/c1-16-4-2-6-20(12-16)25-10-8-24(9-11-25)15-18-14-19(22)13-17-5-3-7-23-21(17)18/h2-7,12-14H,8-11,15H2,1H3. The molecule has 1 aromatic heterocycles. The van der Waals surface area contributed by atoms with Crippen molar-refractivity contribution in [2.24, 2.45) is 0 Å². The fraction of sp³-hybridized carbons (Fsp3) is 0.286. The Morgan fingerprint density at radius 1 is 1.00 bits per heavy atom. The van der Waals surface area contributed by atoms with Crippen LogP contribution in [0.1, 0.15) is 11.1 Å². The van der Waals surface area contributed by atoms with E-state index in [0.29, 0.717) is 0 Å². The minimum Gasteiger partial charge on any atom is -0.369 e. The molecule has 0 amide bonds. The summed E-state index contributed by atoms with van der Waals surface area (Å²) in [5.41, 5.74) is 4.46. The smallest absolute Gasteiger partial charge is 0.124 e. The van der Waals surface area contributed by atoms with Gasteiger partial charge in [0.25, 0.3) is 0 Å². The van der Waals surface area contributed by atoms with Gasteiger partial charge in [0.15, 0.2) is 0 Å². The van der Waals surface area contributed by atoms with Crippen LogP contribution in [-0.4, -0.2) is 36.1 Å². The molecule has 3 aromatic rings. The number of nitrogens with zero attached hydrogens (tertiary/aromatic N) is 3. The summed E-state index contributed by atoms with van der Waals surface area (Å²) in [6.45, 7) is 6.79. The Hall–Kier alpha value is -2.46. The highest BCUT2D eigenvalue weighted by Crippen LogP contribution is 2.22. The minimum absolute atomic E-state index is 0.186. The van der Waals surface area contributed by atoms with Crippen molar-refractivity contribution >= 4 is 16.6 Å². The van der Waals surface area contributed by atoms with Crippen LogP contribution in [0, 0.1) is 12.7 Å². The first-order valence-corrected chi connectivity index (χ1v) is 8.76. The van der Waals surface area contributed by atoms with Gasteiger partial charge in [-0.2, -0.15) is 0 Å². The van der Waals surface area contributed by atoms with E-state index in [1.807, 2.05) is 12.1 Å². The largest absolute Gasteiger partial charge is 0.369 e. The van der Waals surface area contributed by atoms with Gasteiger partial charge < -0.3 is 4.90 Å². The topological polar surface area (TPSA) is 19.4 Å². The SMILES string of the molecule is Cc1cccc(N2CCN(Cc3cc(F)cc4cccnc34)CC2)c1. The van der Waals surface area contributed by atoms with E-state index in [4.69, 9.17) is 0 Å². The molecule has 1 aliphatic heterocycles. The molecule has 0 bridgehead atoms. The third-order valence-corrected chi connectivity index (χ3v) is 4.88. The van der Waals surface area contributed by atoms with Crippen LogP contribution in [0.5, 0.6) is 0 Å². The van der Waals surface area contributed by atoms with Crippen molar-refractivity contribution < 1.29 is 4.39 Å². The maximum Gasteiger partial charge on any atom is 0.124 e. The number of rotatable bonds is 3. The summed E-state index contributed by atoms with van der Waals surface area (Å²) in [4.78, 5) is 9.26. The number of fused-ring (bicyclic) bond motifs is 1. The third-order valence-electron chi connectivity index (χ3n) is 4.88. The molecule has 4 rings (SSSR count). The molecule has 1 saturated heterocycles. The van der Waals surface area contributed by atoms with Crippen molar-refractivity contribution in [3.63, 3.8) is 0 Å². The lowest BCUT2D eigenvalue weighted by Gasteiger charge is -2.36. The number of pyridine rings is 1. The fourth-order valence-corrected chi connectivity index (χ4v) is 3.58. The van der Waals surface area contributed by atoms with Gasteiger partial charge in [0.2, 0.25) is 0 Å². The summed E-state index contributed by atoms with van der Waals surface area (Å²) in [5, 5.41) is 0.871. The second-order valence-electron chi connectivity index (χ2n) is 6.74. The highest BCUT2D eigenvalue weighted by atomic mass is 19.1. The average molecular weight is 335 g/mol. The molecule has 0 radical (unpaired) electrons. The number of aromatic nitrogens is 1. The Bertz CT molecular complexity index is 885. The summed E-state index contributed by atoms with van der Waals surface area (Å²) >= 11 is 0. The number of halogens is 1. The van der Waals surface area contributed by atoms with Crippen LogP contribution in [0.4, 0.5) is 10.1 Å². The van der Waals surface area contributed by atoms with Gasteiger partial charge in [-0.1, -0.05) is 18.2 Å². The van der Waals surface area contributed by atoms with Crippen LogP contribution in [0.3, 0.4) is 0 Å². The normalized spacial score (nSPS) is 15.7. The van der Waals surface area contributed by atoms with E-state index in [1.54, 1.807) is 18.3 Å². The number of benzene rings is 2. The van der Waals surface area contributed by atoms with E-state index in [2.05, 4.69) is 46.0 Å². The van der Waals surface area contributed by atoms with Crippen molar-refractivity contribution in [1.29, 1.82) is 0 Å². The number of piperazine rings is 1. The molecule has 0 spiro atoms. The fourth-order valence-electron chi connectivity index (χ4n) is 3.58. The predicted octanol–water partition coefficient (Wildman–Crippen LogP) is 4.00. The van der Waals surface area contributed by atoms with Gasteiger partial charge in [0, 0.05) is 50.0 Å². The summed E-state index contributed by atoms with van der Waals surface area (Å²) in [6.07, 6.45) is 1.78. The molecule has 128 valence electrons.